The maximum Gasteiger partial charge on any atom is 0.00101 e. The maximum atomic E-state index is 5.80. The lowest BCUT2D eigenvalue weighted by atomic mass is 9.45. The van der Waals surface area contributed by atoms with Gasteiger partial charge in [-0.25, -0.2) is 0 Å². The molecule has 3 rings (SSSR count). The van der Waals surface area contributed by atoms with Gasteiger partial charge in [0.15, 0.2) is 0 Å². The van der Waals surface area contributed by atoms with E-state index in [1.165, 1.54) is 58.2 Å². The molecule has 3 fully saturated rings. The highest BCUT2D eigenvalue weighted by atomic mass is 15.1. The molecule has 2 N–H and O–H groups in total. The van der Waals surface area contributed by atoms with E-state index >= 15 is 0 Å². The van der Waals surface area contributed by atoms with E-state index in [4.69, 9.17) is 5.73 Å². The fourth-order valence-electron chi connectivity index (χ4n) is 6.12. The molecule has 1 unspecified atom stereocenters. The highest BCUT2D eigenvalue weighted by molar-refractivity contribution is 5.04. The fraction of sp³-hybridized carbons (Fsp3) is 1.00. The summed E-state index contributed by atoms with van der Waals surface area (Å²) in [5, 5.41) is 0. The summed E-state index contributed by atoms with van der Waals surface area (Å²) in [6.45, 7) is 13.6. The van der Waals surface area contributed by atoms with Crippen LogP contribution in [0.15, 0.2) is 0 Å². The second kappa shape index (κ2) is 10.3. The van der Waals surface area contributed by atoms with Crippen LogP contribution in [0.3, 0.4) is 0 Å². The lowest BCUT2D eigenvalue weighted by Crippen LogP contribution is -2.51. The average molecular weight is 351 g/mol. The topological polar surface area (TPSA) is 29.3 Å². The van der Waals surface area contributed by atoms with Crippen LogP contribution in [0.1, 0.15) is 91.9 Å². The Hall–Kier alpha value is -0.0800. The first kappa shape index (κ1) is 21.2. The van der Waals surface area contributed by atoms with Crippen molar-refractivity contribution in [1.29, 1.82) is 0 Å². The summed E-state index contributed by atoms with van der Waals surface area (Å²) in [7, 11) is 0. The molecule has 1 atom stereocenters. The van der Waals surface area contributed by atoms with E-state index in [2.05, 4.69) is 18.7 Å². The molecule has 0 aromatic carbocycles. The van der Waals surface area contributed by atoms with Crippen LogP contribution >= 0.6 is 0 Å². The van der Waals surface area contributed by atoms with Gasteiger partial charge in [0.05, 0.1) is 0 Å². The van der Waals surface area contributed by atoms with Gasteiger partial charge in [0.25, 0.3) is 0 Å². The molecule has 1 spiro atoms. The smallest absolute Gasteiger partial charge is 0.00101 e. The SMILES string of the molecule is CC.CCCC(CCN)CN1CCC(C2CC3(CC(CC)C3)C2)CC1. The summed E-state index contributed by atoms with van der Waals surface area (Å²) in [6, 6.07) is 0. The summed E-state index contributed by atoms with van der Waals surface area (Å²) < 4.78 is 0. The van der Waals surface area contributed by atoms with Crippen LogP contribution < -0.4 is 5.73 Å². The molecule has 148 valence electrons. The van der Waals surface area contributed by atoms with E-state index in [1.54, 1.807) is 25.7 Å². The van der Waals surface area contributed by atoms with E-state index in [0.717, 1.165) is 35.6 Å². The molecule has 3 aliphatic rings. The van der Waals surface area contributed by atoms with Crippen molar-refractivity contribution in [3.63, 3.8) is 0 Å². The highest BCUT2D eigenvalue weighted by Gasteiger charge is 2.53. The first-order chi connectivity index (χ1) is 12.2. The van der Waals surface area contributed by atoms with Crippen molar-refractivity contribution in [1.82, 2.24) is 4.90 Å². The van der Waals surface area contributed by atoms with Gasteiger partial charge in [-0.05, 0) is 100 Å². The van der Waals surface area contributed by atoms with Crippen molar-refractivity contribution in [3.8, 4) is 0 Å². The monoisotopic (exact) mass is 350 g/mol. The van der Waals surface area contributed by atoms with Crippen LogP contribution in [0.4, 0.5) is 0 Å². The van der Waals surface area contributed by atoms with Gasteiger partial charge >= 0.3 is 0 Å². The van der Waals surface area contributed by atoms with E-state index in [0.29, 0.717) is 0 Å². The number of piperidine rings is 1. The molecule has 0 amide bonds. The molecule has 0 aromatic rings. The Morgan fingerprint density at radius 2 is 1.60 bits per heavy atom. The van der Waals surface area contributed by atoms with E-state index in [-0.39, 0.29) is 0 Å². The first-order valence-corrected chi connectivity index (χ1v) is 11.6. The Labute approximate surface area is 158 Å². The van der Waals surface area contributed by atoms with Crippen LogP contribution in [0.5, 0.6) is 0 Å². The zero-order valence-corrected chi connectivity index (χ0v) is 17.7. The van der Waals surface area contributed by atoms with Crippen molar-refractivity contribution in [2.24, 2.45) is 34.8 Å². The number of nitrogens with zero attached hydrogens (tertiary/aromatic N) is 1. The van der Waals surface area contributed by atoms with Gasteiger partial charge < -0.3 is 10.6 Å². The van der Waals surface area contributed by atoms with Crippen LogP contribution in [0, 0.1) is 29.1 Å². The molecule has 2 nitrogen and oxygen atoms in total. The van der Waals surface area contributed by atoms with Crippen LogP contribution in [0.2, 0.25) is 0 Å². The number of likely N-dealkylation sites (tertiary alicyclic amines) is 1. The minimum absolute atomic E-state index is 0.842. The second-order valence-electron chi connectivity index (χ2n) is 9.22. The van der Waals surface area contributed by atoms with Gasteiger partial charge in [-0.15, -0.1) is 0 Å². The Kier molecular flexibility index (Phi) is 8.75. The van der Waals surface area contributed by atoms with E-state index < -0.39 is 0 Å². The molecule has 1 heterocycles. The quantitative estimate of drug-likeness (QED) is 0.608. The lowest BCUT2D eigenvalue weighted by Gasteiger charge is -2.60. The number of rotatable bonds is 8. The van der Waals surface area contributed by atoms with Crippen LogP contribution in [-0.2, 0) is 0 Å². The molecule has 2 aliphatic carbocycles. The Balaban J connectivity index is 0.00000109. The molecule has 0 radical (unpaired) electrons. The Morgan fingerprint density at radius 3 is 2.12 bits per heavy atom. The zero-order valence-electron chi connectivity index (χ0n) is 17.7. The third-order valence-electron chi connectivity index (χ3n) is 7.50. The lowest BCUT2D eigenvalue weighted by molar-refractivity contribution is -0.0958. The standard InChI is InChI=1S/C21H40N2.C2H6/c1-3-5-18(6-9-22)16-23-10-7-19(8-11-23)20-14-21(15-20)12-17(4-2)13-21;1-2/h17-20H,3-16,22H2,1-2H3;1-2H3. The molecule has 0 aromatic heterocycles. The van der Waals surface area contributed by atoms with Gasteiger partial charge in [-0.2, -0.15) is 0 Å². The average Bonchev–Trinajstić information content (AvgIpc) is 2.56. The number of hydrogen-bond acceptors (Lipinski definition) is 2. The van der Waals surface area contributed by atoms with Gasteiger partial charge in [-0.1, -0.05) is 40.5 Å². The van der Waals surface area contributed by atoms with Gasteiger partial charge in [-0.3, -0.25) is 0 Å². The molecular formula is C23H46N2. The minimum Gasteiger partial charge on any atom is -0.330 e. The Morgan fingerprint density at radius 1 is 0.960 bits per heavy atom. The predicted molar refractivity (Wildman–Crippen MR) is 111 cm³/mol. The van der Waals surface area contributed by atoms with Crippen molar-refractivity contribution >= 4 is 0 Å². The van der Waals surface area contributed by atoms with Gasteiger partial charge in [0.2, 0.25) is 0 Å². The largest absolute Gasteiger partial charge is 0.330 e. The third-order valence-corrected chi connectivity index (χ3v) is 7.50. The summed E-state index contributed by atoms with van der Waals surface area (Å²) in [6.07, 6.45) is 14.6. The number of nitrogens with two attached hydrogens (primary N) is 1. The zero-order chi connectivity index (χ0) is 18.3. The predicted octanol–water partition coefficient (Wildman–Crippen LogP) is 5.71. The van der Waals surface area contributed by atoms with Crippen molar-refractivity contribution < 1.29 is 0 Å². The van der Waals surface area contributed by atoms with Crippen molar-refractivity contribution in [3.05, 3.63) is 0 Å². The molecule has 1 aliphatic heterocycles. The first-order valence-electron chi connectivity index (χ1n) is 11.6. The molecule has 2 saturated carbocycles. The minimum atomic E-state index is 0.842. The highest BCUT2D eigenvalue weighted by Crippen LogP contribution is 2.64. The maximum absolute atomic E-state index is 5.80. The summed E-state index contributed by atoms with van der Waals surface area (Å²) in [4.78, 5) is 2.75. The van der Waals surface area contributed by atoms with Crippen molar-refractivity contribution in [2.75, 3.05) is 26.2 Å². The number of hydrogen-bond donors (Lipinski definition) is 1. The summed E-state index contributed by atoms with van der Waals surface area (Å²) in [5.41, 5.74) is 6.64. The Bertz CT molecular complexity index is 339. The molecule has 1 saturated heterocycles. The van der Waals surface area contributed by atoms with Gasteiger partial charge in [0, 0.05) is 6.54 Å². The van der Waals surface area contributed by atoms with Gasteiger partial charge in [0.1, 0.15) is 0 Å². The second-order valence-corrected chi connectivity index (χ2v) is 9.22. The normalized spacial score (nSPS) is 34.0. The van der Waals surface area contributed by atoms with Crippen LogP contribution in [0.25, 0.3) is 0 Å². The van der Waals surface area contributed by atoms with Crippen molar-refractivity contribution in [2.45, 2.75) is 91.9 Å². The summed E-state index contributed by atoms with van der Waals surface area (Å²) in [5.74, 6) is 4.06. The molecule has 0 bridgehead atoms. The molecule has 25 heavy (non-hydrogen) atoms. The third kappa shape index (κ3) is 5.45. The van der Waals surface area contributed by atoms with E-state index in [9.17, 15) is 0 Å². The molecular weight excluding hydrogens is 304 g/mol. The fourth-order valence-corrected chi connectivity index (χ4v) is 6.12. The summed E-state index contributed by atoms with van der Waals surface area (Å²) >= 11 is 0. The van der Waals surface area contributed by atoms with Crippen LogP contribution in [-0.4, -0.2) is 31.1 Å². The van der Waals surface area contributed by atoms with E-state index in [1.807, 2.05) is 13.8 Å². The molecule has 2 heteroatoms.